The fourth-order valence-corrected chi connectivity index (χ4v) is 4.68. The number of nitrogens with zero attached hydrogens (tertiary/aromatic N) is 3. The number of hydrogen-bond donors (Lipinski definition) is 1. The van der Waals surface area contributed by atoms with E-state index in [1.165, 1.54) is 16.9 Å². The maximum absolute atomic E-state index is 5.90. The lowest BCUT2D eigenvalue weighted by Gasteiger charge is -2.09. The van der Waals surface area contributed by atoms with E-state index in [0.717, 1.165) is 50.1 Å². The minimum Gasteiger partial charge on any atom is -0.375 e. The van der Waals surface area contributed by atoms with Crippen LogP contribution < -0.4 is 5.73 Å². The topological polar surface area (TPSA) is 64.7 Å². The quantitative estimate of drug-likeness (QED) is 0.581. The molecule has 0 bridgehead atoms. The van der Waals surface area contributed by atoms with Crippen molar-refractivity contribution < 1.29 is 0 Å². The summed E-state index contributed by atoms with van der Waals surface area (Å²) in [6, 6.07) is 4.27. The normalized spacial score (nSPS) is 11.6. The molecule has 4 rings (SSSR count). The lowest BCUT2D eigenvalue weighted by atomic mass is 10.00. The van der Waals surface area contributed by atoms with Gasteiger partial charge in [-0.15, -0.1) is 11.3 Å². The first-order chi connectivity index (χ1) is 11.2. The van der Waals surface area contributed by atoms with Crippen LogP contribution in [0.2, 0.25) is 0 Å². The number of aromatic nitrogens is 3. The van der Waals surface area contributed by atoms with E-state index in [-0.39, 0.29) is 0 Å². The second-order valence-electron chi connectivity index (χ2n) is 5.60. The monoisotopic (exact) mass is 340 g/mol. The van der Waals surface area contributed by atoms with Crippen LogP contribution in [0.1, 0.15) is 24.6 Å². The highest BCUT2D eigenvalue weighted by Crippen LogP contribution is 2.40. The van der Waals surface area contributed by atoms with Gasteiger partial charge in [0.15, 0.2) is 5.13 Å². The van der Waals surface area contributed by atoms with E-state index in [4.69, 9.17) is 5.73 Å². The van der Waals surface area contributed by atoms with Crippen molar-refractivity contribution in [2.24, 2.45) is 0 Å². The highest BCUT2D eigenvalue weighted by atomic mass is 32.1. The molecule has 0 radical (unpaired) electrons. The van der Waals surface area contributed by atoms with Gasteiger partial charge < -0.3 is 5.73 Å². The molecule has 3 heterocycles. The van der Waals surface area contributed by atoms with Crippen LogP contribution in [0.5, 0.6) is 0 Å². The van der Waals surface area contributed by atoms with Crippen LogP contribution in [0.25, 0.3) is 31.6 Å². The van der Waals surface area contributed by atoms with Gasteiger partial charge in [0.2, 0.25) is 0 Å². The van der Waals surface area contributed by atoms with E-state index in [2.05, 4.69) is 40.9 Å². The Morgan fingerprint density at radius 1 is 1.13 bits per heavy atom. The van der Waals surface area contributed by atoms with Gasteiger partial charge in [0, 0.05) is 23.0 Å². The Bertz CT molecular complexity index is 1020. The predicted octanol–water partition coefficient (Wildman–Crippen LogP) is 4.81. The van der Waals surface area contributed by atoms with Crippen molar-refractivity contribution in [3.8, 4) is 11.1 Å². The Kier molecular flexibility index (Phi) is 3.50. The highest BCUT2D eigenvalue weighted by Gasteiger charge is 2.16. The molecule has 23 heavy (non-hydrogen) atoms. The van der Waals surface area contributed by atoms with Crippen molar-refractivity contribution in [3.63, 3.8) is 0 Å². The third-order valence-corrected chi connectivity index (χ3v) is 5.83. The minimum atomic E-state index is 0.597. The first-order valence-corrected chi connectivity index (χ1v) is 9.25. The third-order valence-electron chi connectivity index (χ3n) is 3.94. The van der Waals surface area contributed by atoms with Crippen molar-refractivity contribution in [2.75, 3.05) is 5.73 Å². The number of thiazole rings is 2. The summed E-state index contributed by atoms with van der Waals surface area (Å²) >= 11 is 3.16. The van der Waals surface area contributed by atoms with Crippen molar-refractivity contribution in [3.05, 3.63) is 35.1 Å². The number of anilines is 1. The van der Waals surface area contributed by atoms with Gasteiger partial charge in [-0.25, -0.2) is 9.97 Å². The number of nitrogen functional groups attached to an aromatic ring is 1. The number of aryl methyl sites for hydroxylation is 2. The zero-order valence-corrected chi connectivity index (χ0v) is 14.6. The molecule has 3 aromatic heterocycles. The van der Waals surface area contributed by atoms with E-state index in [1.54, 1.807) is 11.3 Å². The van der Waals surface area contributed by atoms with Gasteiger partial charge in [0.1, 0.15) is 0 Å². The zero-order valence-electron chi connectivity index (χ0n) is 13.0. The molecule has 0 amide bonds. The fraction of sp³-hybridized carbons (Fsp3) is 0.235. The molecule has 0 aliphatic rings. The molecule has 0 spiro atoms. The maximum Gasteiger partial charge on any atom is 0.181 e. The molecule has 0 saturated heterocycles. The molecular weight excluding hydrogens is 324 g/mol. The van der Waals surface area contributed by atoms with E-state index in [1.807, 2.05) is 11.7 Å². The van der Waals surface area contributed by atoms with Gasteiger partial charge in [0.05, 0.1) is 25.9 Å². The second kappa shape index (κ2) is 5.54. The lowest BCUT2D eigenvalue weighted by Crippen LogP contribution is -1.93. The molecule has 6 heteroatoms. The highest BCUT2D eigenvalue weighted by molar-refractivity contribution is 7.28. The molecule has 2 N–H and O–H groups in total. The number of hydrogen-bond acceptors (Lipinski definition) is 6. The smallest absolute Gasteiger partial charge is 0.181 e. The van der Waals surface area contributed by atoms with Crippen LogP contribution in [0, 0.1) is 6.92 Å². The molecule has 0 aliphatic heterocycles. The summed E-state index contributed by atoms with van der Waals surface area (Å²) in [6.07, 6.45) is 4.08. The van der Waals surface area contributed by atoms with Crippen molar-refractivity contribution in [2.45, 2.75) is 26.7 Å². The summed E-state index contributed by atoms with van der Waals surface area (Å²) in [5.74, 6) is 0. The largest absolute Gasteiger partial charge is 0.375 e. The van der Waals surface area contributed by atoms with Crippen LogP contribution in [-0.4, -0.2) is 15.0 Å². The predicted molar refractivity (Wildman–Crippen MR) is 99.2 cm³/mol. The number of fused-ring (bicyclic) bond motifs is 3. The van der Waals surface area contributed by atoms with Gasteiger partial charge in [-0.1, -0.05) is 24.7 Å². The Labute approximate surface area is 142 Å². The molecule has 0 saturated carbocycles. The summed E-state index contributed by atoms with van der Waals surface area (Å²) in [5, 5.41) is 0.597. The summed E-state index contributed by atoms with van der Waals surface area (Å²) in [7, 11) is 0. The Hall–Kier alpha value is -2.05. The standard InChI is InChI=1S/C17H16N4S2/c1-3-4-10-5-9(2)12(7-19-10)11-6-13-15(23-17(18)21-13)16-14(11)20-8-22-16/h5-8H,3-4H2,1-2H3,(H2,18,21). The maximum atomic E-state index is 5.90. The van der Waals surface area contributed by atoms with E-state index in [0.29, 0.717) is 5.13 Å². The van der Waals surface area contributed by atoms with Crippen molar-refractivity contribution in [1.82, 2.24) is 15.0 Å². The Morgan fingerprint density at radius 2 is 2.00 bits per heavy atom. The molecule has 4 aromatic rings. The molecule has 0 unspecified atom stereocenters. The molecule has 0 atom stereocenters. The first-order valence-electron chi connectivity index (χ1n) is 7.55. The summed E-state index contributed by atoms with van der Waals surface area (Å²) in [6.45, 7) is 4.30. The molecule has 116 valence electrons. The Morgan fingerprint density at radius 3 is 2.78 bits per heavy atom. The van der Waals surface area contributed by atoms with Gasteiger partial charge in [0.25, 0.3) is 0 Å². The average Bonchev–Trinajstić information content (AvgIpc) is 3.12. The second-order valence-corrected chi connectivity index (χ2v) is 7.48. The van der Waals surface area contributed by atoms with Crippen LogP contribution in [-0.2, 0) is 6.42 Å². The van der Waals surface area contributed by atoms with Gasteiger partial charge in [-0.3, -0.25) is 4.98 Å². The van der Waals surface area contributed by atoms with E-state index in [9.17, 15) is 0 Å². The van der Waals surface area contributed by atoms with Crippen LogP contribution in [0.15, 0.2) is 23.8 Å². The molecule has 4 nitrogen and oxygen atoms in total. The van der Waals surface area contributed by atoms with Crippen LogP contribution in [0.3, 0.4) is 0 Å². The van der Waals surface area contributed by atoms with Gasteiger partial charge in [-0.2, -0.15) is 0 Å². The minimum absolute atomic E-state index is 0.597. The zero-order chi connectivity index (χ0) is 16.0. The van der Waals surface area contributed by atoms with Crippen molar-refractivity contribution >= 4 is 48.2 Å². The lowest BCUT2D eigenvalue weighted by molar-refractivity contribution is 0.881. The van der Waals surface area contributed by atoms with Gasteiger partial charge >= 0.3 is 0 Å². The Balaban J connectivity index is 1.98. The number of benzene rings is 1. The van der Waals surface area contributed by atoms with Crippen LogP contribution in [0.4, 0.5) is 5.13 Å². The molecule has 1 aromatic carbocycles. The van der Waals surface area contributed by atoms with E-state index < -0.39 is 0 Å². The average molecular weight is 340 g/mol. The molecule has 0 fully saturated rings. The van der Waals surface area contributed by atoms with Crippen molar-refractivity contribution in [1.29, 1.82) is 0 Å². The van der Waals surface area contributed by atoms with E-state index >= 15 is 0 Å². The molecular formula is C17H16N4S2. The summed E-state index contributed by atoms with van der Waals surface area (Å²) in [5.41, 5.74) is 14.3. The SMILES string of the molecule is CCCc1cc(C)c(-c2cc3nc(N)sc3c3scnc23)cn1. The number of rotatable bonds is 3. The fourth-order valence-electron chi connectivity index (χ4n) is 2.91. The number of pyridine rings is 1. The summed E-state index contributed by atoms with van der Waals surface area (Å²) < 4.78 is 2.28. The number of nitrogens with two attached hydrogens (primary N) is 1. The van der Waals surface area contributed by atoms with Gasteiger partial charge in [-0.05, 0) is 31.0 Å². The molecule has 0 aliphatic carbocycles. The third kappa shape index (κ3) is 2.38. The first kappa shape index (κ1) is 14.5. The summed E-state index contributed by atoms with van der Waals surface area (Å²) in [4.78, 5) is 13.7. The van der Waals surface area contributed by atoms with Crippen LogP contribution >= 0.6 is 22.7 Å².